The van der Waals surface area contributed by atoms with Gasteiger partial charge in [-0.1, -0.05) is 12.1 Å². The van der Waals surface area contributed by atoms with Gasteiger partial charge < -0.3 is 14.8 Å². The molecule has 0 unspecified atom stereocenters. The van der Waals surface area contributed by atoms with Gasteiger partial charge in [0.05, 0.1) is 0 Å². The molecule has 6 nitrogen and oxygen atoms in total. The number of nitrogens with one attached hydrogen (secondary N) is 1. The second-order valence-corrected chi connectivity index (χ2v) is 5.61. The van der Waals surface area contributed by atoms with Crippen molar-refractivity contribution in [1.82, 2.24) is 14.7 Å². The van der Waals surface area contributed by atoms with Crippen LogP contribution in [0.4, 0.5) is 13.2 Å². The molecule has 2 aromatic heterocycles. The fourth-order valence-corrected chi connectivity index (χ4v) is 2.73. The molecular formula is C17H12F3N3O3. The Morgan fingerprint density at radius 1 is 1.19 bits per heavy atom. The molecule has 0 saturated heterocycles. The van der Waals surface area contributed by atoms with Crippen molar-refractivity contribution < 1.29 is 27.4 Å². The van der Waals surface area contributed by atoms with E-state index >= 15 is 0 Å². The Hall–Kier alpha value is -3.23. The molecule has 1 N–H and O–H groups in total. The van der Waals surface area contributed by atoms with Crippen molar-refractivity contribution in [3.8, 4) is 11.5 Å². The highest BCUT2D eigenvalue weighted by Gasteiger charge is 2.40. The van der Waals surface area contributed by atoms with Gasteiger partial charge in [-0.15, -0.1) is 0 Å². The summed E-state index contributed by atoms with van der Waals surface area (Å²) < 4.78 is 51.4. The lowest BCUT2D eigenvalue weighted by Gasteiger charge is -2.09. The Labute approximate surface area is 145 Å². The monoisotopic (exact) mass is 363 g/mol. The SMILES string of the molecule is O=C(NCc1ccc2c(c1)OCO2)c1c(C(F)(F)F)nc2ccccn12. The van der Waals surface area contributed by atoms with E-state index < -0.39 is 23.5 Å². The molecular weight excluding hydrogens is 351 g/mol. The summed E-state index contributed by atoms with van der Waals surface area (Å²) in [5, 5.41) is 2.50. The van der Waals surface area contributed by atoms with Gasteiger partial charge in [-0.05, 0) is 29.8 Å². The maximum absolute atomic E-state index is 13.3. The Morgan fingerprint density at radius 2 is 2.00 bits per heavy atom. The van der Waals surface area contributed by atoms with Crippen molar-refractivity contribution >= 4 is 11.6 Å². The van der Waals surface area contributed by atoms with Crippen molar-refractivity contribution in [1.29, 1.82) is 0 Å². The van der Waals surface area contributed by atoms with Crippen LogP contribution in [-0.4, -0.2) is 22.1 Å². The zero-order valence-corrected chi connectivity index (χ0v) is 13.2. The number of amides is 1. The van der Waals surface area contributed by atoms with Gasteiger partial charge >= 0.3 is 6.18 Å². The van der Waals surface area contributed by atoms with Crippen LogP contribution in [0.2, 0.25) is 0 Å². The molecule has 4 rings (SSSR count). The number of nitrogens with zero attached hydrogens (tertiary/aromatic N) is 2. The van der Waals surface area contributed by atoms with Crippen LogP contribution in [0.1, 0.15) is 21.7 Å². The fourth-order valence-electron chi connectivity index (χ4n) is 2.73. The van der Waals surface area contributed by atoms with E-state index in [2.05, 4.69) is 10.3 Å². The van der Waals surface area contributed by atoms with Crippen molar-refractivity contribution in [2.24, 2.45) is 0 Å². The number of hydrogen-bond donors (Lipinski definition) is 1. The maximum atomic E-state index is 13.3. The van der Waals surface area contributed by atoms with E-state index in [4.69, 9.17) is 9.47 Å². The van der Waals surface area contributed by atoms with Gasteiger partial charge in [0, 0.05) is 12.7 Å². The highest BCUT2D eigenvalue weighted by atomic mass is 19.4. The van der Waals surface area contributed by atoms with E-state index in [1.807, 2.05) is 0 Å². The second kappa shape index (κ2) is 5.94. The van der Waals surface area contributed by atoms with Crippen molar-refractivity contribution in [3.63, 3.8) is 0 Å². The molecule has 0 fully saturated rings. The number of benzene rings is 1. The number of pyridine rings is 1. The minimum absolute atomic E-state index is 0.0346. The van der Waals surface area contributed by atoms with Crippen molar-refractivity contribution in [2.45, 2.75) is 12.7 Å². The first-order valence-electron chi connectivity index (χ1n) is 7.64. The quantitative estimate of drug-likeness (QED) is 0.777. The summed E-state index contributed by atoms with van der Waals surface area (Å²) >= 11 is 0. The van der Waals surface area contributed by atoms with Crippen LogP contribution in [0.25, 0.3) is 5.65 Å². The smallest absolute Gasteiger partial charge is 0.435 e. The van der Waals surface area contributed by atoms with Crippen LogP contribution in [0.3, 0.4) is 0 Å². The summed E-state index contributed by atoms with van der Waals surface area (Å²) in [4.78, 5) is 16.0. The van der Waals surface area contributed by atoms with Crippen molar-refractivity contribution in [2.75, 3.05) is 6.79 Å². The third-order valence-electron chi connectivity index (χ3n) is 3.90. The minimum atomic E-state index is -4.74. The number of imidazole rings is 1. The van der Waals surface area contributed by atoms with Gasteiger partial charge in [-0.25, -0.2) is 4.98 Å². The molecule has 1 amide bonds. The number of alkyl halides is 3. The van der Waals surface area contributed by atoms with E-state index in [9.17, 15) is 18.0 Å². The fraction of sp³-hybridized carbons (Fsp3) is 0.176. The summed E-state index contributed by atoms with van der Waals surface area (Å²) in [6.45, 7) is 0.148. The zero-order valence-electron chi connectivity index (χ0n) is 13.2. The van der Waals surface area contributed by atoms with Crippen LogP contribution in [0.15, 0.2) is 42.6 Å². The Bertz CT molecular complexity index is 998. The lowest BCUT2D eigenvalue weighted by atomic mass is 10.2. The Kier molecular flexibility index (Phi) is 3.71. The highest BCUT2D eigenvalue weighted by molar-refractivity contribution is 5.94. The molecule has 9 heteroatoms. The number of halogens is 3. The van der Waals surface area contributed by atoms with E-state index in [0.717, 1.165) is 4.40 Å². The van der Waals surface area contributed by atoms with Crippen molar-refractivity contribution in [3.05, 3.63) is 59.5 Å². The molecule has 1 aliphatic rings. The van der Waals surface area contributed by atoms with E-state index in [1.165, 1.54) is 18.3 Å². The van der Waals surface area contributed by atoms with E-state index in [0.29, 0.717) is 17.1 Å². The summed E-state index contributed by atoms with van der Waals surface area (Å²) in [6.07, 6.45) is -3.37. The molecule has 0 aliphatic carbocycles. The van der Waals surface area contributed by atoms with Crippen LogP contribution < -0.4 is 14.8 Å². The predicted molar refractivity (Wildman–Crippen MR) is 83.9 cm³/mol. The molecule has 0 saturated carbocycles. The average Bonchev–Trinajstić information content (AvgIpc) is 3.23. The molecule has 3 heterocycles. The van der Waals surface area contributed by atoms with Gasteiger partial charge in [-0.2, -0.15) is 13.2 Å². The second-order valence-electron chi connectivity index (χ2n) is 5.61. The third-order valence-corrected chi connectivity index (χ3v) is 3.90. The average molecular weight is 363 g/mol. The Balaban J connectivity index is 1.62. The molecule has 3 aromatic rings. The first-order valence-corrected chi connectivity index (χ1v) is 7.64. The molecule has 26 heavy (non-hydrogen) atoms. The van der Waals surface area contributed by atoms with Crippen LogP contribution in [0, 0.1) is 0 Å². The first-order chi connectivity index (χ1) is 12.4. The lowest BCUT2D eigenvalue weighted by molar-refractivity contribution is -0.141. The molecule has 0 radical (unpaired) electrons. The first kappa shape index (κ1) is 16.2. The maximum Gasteiger partial charge on any atom is 0.435 e. The highest BCUT2D eigenvalue weighted by Crippen LogP contribution is 2.33. The minimum Gasteiger partial charge on any atom is -0.454 e. The van der Waals surface area contributed by atoms with Crippen LogP contribution in [0.5, 0.6) is 11.5 Å². The number of ether oxygens (including phenoxy) is 2. The largest absolute Gasteiger partial charge is 0.454 e. The standard InChI is InChI=1S/C17H12F3N3O3/c18-17(19,20)15-14(23-6-2-1-3-13(23)22-15)16(24)21-8-10-4-5-11-12(7-10)26-9-25-11/h1-7H,8-9H2,(H,21,24). The molecule has 0 atom stereocenters. The summed E-state index contributed by atoms with van der Waals surface area (Å²) in [5.41, 5.74) is -1.04. The number of fused-ring (bicyclic) bond motifs is 2. The number of carbonyl (C=O) groups is 1. The number of hydrogen-bond acceptors (Lipinski definition) is 4. The van der Waals surface area contributed by atoms with Gasteiger partial charge in [0.25, 0.3) is 5.91 Å². The summed E-state index contributed by atoms with van der Waals surface area (Å²) in [7, 11) is 0. The number of carbonyl (C=O) groups excluding carboxylic acids is 1. The van der Waals surface area contributed by atoms with Crippen LogP contribution in [-0.2, 0) is 12.7 Å². The number of rotatable bonds is 3. The normalized spacial score (nSPS) is 13.2. The lowest BCUT2D eigenvalue weighted by Crippen LogP contribution is -2.27. The predicted octanol–water partition coefficient (Wildman–Crippen LogP) is 3.01. The topological polar surface area (TPSA) is 64.9 Å². The molecule has 1 aliphatic heterocycles. The van der Waals surface area contributed by atoms with E-state index in [1.54, 1.807) is 24.3 Å². The Morgan fingerprint density at radius 3 is 2.81 bits per heavy atom. The van der Waals surface area contributed by atoms with Gasteiger partial charge in [-0.3, -0.25) is 9.20 Å². The van der Waals surface area contributed by atoms with Gasteiger partial charge in [0.15, 0.2) is 17.2 Å². The van der Waals surface area contributed by atoms with E-state index in [-0.39, 0.29) is 19.0 Å². The molecule has 0 bridgehead atoms. The summed E-state index contributed by atoms with van der Waals surface area (Å²) in [6, 6.07) is 9.54. The van der Waals surface area contributed by atoms with Gasteiger partial charge in [0.2, 0.25) is 6.79 Å². The molecule has 0 spiro atoms. The van der Waals surface area contributed by atoms with Crippen LogP contribution >= 0.6 is 0 Å². The summed E-state index contributed by atoms with van der Waals surface area (Å²) in [5.74, 6) is 0.248. The third kappa shape index (κ3) is 2.81. The number of aromatic nitrogens is 2. The van der Waals surface area contributed by atoms with Gasteiger partial charge in [0.1, 0.15) is 11.3 Å². The molecule has 134 valence electrons. The zero-order chi connectivity index (χ0) is 18.3. The molecule has 1 aromatic carbocycles.